The number of primary amides is 1. The molecule has 0 bridgehead atoms. The van der Waals surface area contributed by atoms with Crippen LogP contribution in [-0.4, -0.2) is 42.2 Å². The van der Waals surface area contributed by atoms with Gasteiger partial charge in [0.25, 0.3) is 5.91 Å². The van der Waals surface area contributed by atoms with Gasteiger partial charge in [0.15, 0.2) is 0 Å². The molecule has 31 heavy (non-hydrogen) atoms. The van der Waals surface area contributed by atoms with Crippen molar-refractivity contribution in [3.05, 3.63) is 53.4 Å². The zero-order valence-corrected chi connectivity index (χ0v) is 18.0. The summed E-state index contributed by atoms with van der Waals surface area (Å²) in [7, 11) is -2.31. The minimum Gasteiger partial charge on any atom is -0.364 e. The third-order valence-electron chi connectivity index (χ3n) is 5.48. The van der Waals surface area contributed by atoms with Crippen LogP contribution in [0.3, 0.4) is 0 Å². The van der Waals surface area contributed by atoms with Gasteiger partial charge in [-0.2, -0.15) is 4.31 Å². The van der Waals surface area contributed by atoms with E-state index >= 15 is 0 Å². The van der Waals surface area contributed by atoms with Crippen molar-refractivity contribution in [2.24, 2.45) is 18.7 Å². The number of nitrogens with two attached hydrogens (primary N) is 1. The van der Waals surface area contributed by atoms with E-state index in [1.54, 1.807) is 6.92 Å². The van der Waals surface area contributed by atoms with Crippen molar-refractivity contribution < 1.29 is 26.8 Å². The Bertz CT molecular complexity index is 1110. The number of amides is 2. The number of hydrogen-bond acceptors (Lipinski definition) is 4. The maximum atomic E-state index is 13.9. The fourth-order valence-electron chi connectivity index (χ4n) is 3.69. The number of carbonyl (C=O) groups excluding carboxylic acids is 2. The largest absolute Gasteiger partial charge is 0.364 e. The van der Waals surface area contributed by atoms with Gasteiger partial charge in [0.1, 0.15) is 22.2 Å². The van der Waals surface area contributed by atoms with E-state index in [0.717, 1.165) is 12.1 Å². The van der Waals surface area contributed by atoms with Crippen LogP contribution in [0.15, 0.2) is 35.4 Å². The van der Waals surface area contributed by atoms with E-state index in [2.05, 4.69) is 5.32 Å². The topological polar surface area (TPSA) is 114 Å². The summed E-state index contributed by atoms with van der Waals surface area (Å²) in [4.78, 5) is 23.9. The van der Waals surface area contributed by atoms with Gasteiger partial charge in [-0.3, -0.25) is 9.59 Å². The molecule has 2 aromatic rings. The first kappa shape index (κ1) is 22.9. The van der Waals surface area contributed by atoms with Crippen LogP contribution in [0.25, 0.3) is 0 Å². The lowest BCUT2D eigenvalue weighted by molar-refractivity contribution is -0.126. The second kappa shape index (κ2) is 8.75. The van der Waals surface area contributed by atoms with Crippen molar-refractivity contribution in [1.29, 1.82) is 0 Å². The Balaban J connectivity index is 1.62. The summed E-state index contributed by atoms with van der Waals surface area (Å²) >= 11 is 0. The van der Waals surface area contributed by atoms with E-state index in [9.17, 15) is 26.8 Å². The molecule has 1 fully saturated rings. The summed E-state index contributed by atoms with van der Waals surface area (Å²) in [5, 5.41) is 2.71. The standard InChI is InChI=1S/C20H24F2N4O4S/c1-12(16-4-3-14(21)9-17(16)22)24-20(28)13-5-7-26(8-6-13)31(29,30)15-10-18(19(23)27)25(2)11-15/h3-4,9-13H,5-8H2,1-2H3,(H2,23,27)(H,24,28)/t12-/m1/s1. The molecule has 8 nitrogen and oxygen atoms in total. The highest BCUT2D eigenvalue weighted by Crippen LogP contribution is 2.26. The van der Waals surface area contributed by atoms with Gasteiger partial charge in [0.05, 0.1) is 6.04 Å². The number of aryl methyl sites for hydroxylation is 1. The highest BCUT2D eigenvalue weighted by molar-refractivity contribution is 7.89. The van der Waals surface area contributed by atoms with Crippen LogP contribution in [0, 0.1) is 17.6 Å². The zero-order valence-electron chi connectivity index (χ0n) is 17.1. The van der Waals surface area contributed by atoms with Gasteiger partial charge >= 0.3 is 0 Å². The molecule has 11 heteroatoms. The molecule has 0 saturated carbocycles. The van der Waals surface area contributed by atoms with Gasteiger partial charge in [-0.1, -0.05) is 6.07 Å². The van der Waals surface area contributed by atoms with Gasteiger partial charge < -0.3 is 15.6 Å². The Labute approximate surface area is 179 Å². The Morgan fingerprint density at radius 3 is 2.39 bits per heavy atom. The van der Waals surface area contributed by atoms with E-state index in [-0.39, 0.29) is 35.1 Å². The molecule has 1 aliphatic heterocycles. The van der Waals surface area contributed by atoms with Crippen molar-refractivity contribution in [2.45, 2.75) is 30.7 Å². The average molecular weight is 454 g/mol. The monoisotopic (exact) mass is 454 g/mol. The summed E-state index contributed by atoms with van der Waals surface area (Å²) in [5.74, 6) is -2.92. The molecule has 0 aliphatic carbocycles. The molecule has 1 aliphatic rings. The Morgan fingerprint density at radius 2 is 1.84 bits per heavy atom. The number of halogens is 2. The number of aromatic nitrogens is 1. The number of benzene rings is 1. The Hall–Kier alpha value is -2.79. The fourth-order valence-corrected chi connectivity index (χ4v) is 5.23. The molecule has 0 unspecified atom stereocenters. The second-order valence-corrected chi connectivity index (χ2v) is 9.55. The first-order valence-electron chi connectivity index (χ1n) is 9.72. The highest BCUT2D eigenvalue weighted by atomic mass is 32.2. The minimum atomic E-state index is -3.83. The van der Waals surface area contributed by atoms with Crippen LogP contribution >= 0.6 is 0 Å². The summed E-state index contributed by atoms with van der Waals surface area (Å²) in [6, 6.07) is 3.73. The van der Waals surface area contributed by atoms with Gasteiger partial charge in [0, 0.05) is 43.9 Å². The van der Waals surface area contributed by atoms with Crippen molar-refractivity contribution in [3.63, 3.8) is 0 Å². The summed E-state index contributed by atoms with van der Waals surface area (Å²) in [6.45, 7) is 1.85. The minimum absolute atomic E-state index is 0.0351. The highest BCUT2D eigenvalue weighted by Gasteiger charge is 2.33. The van der Waals surface area contributed by atoms with Crippen LogP contribution in [-0.2, 0) is 21.9 Å². The predicted octanol–water partition coefficient (Wildman–Crippen LogP) is 1.68. The maximum Gasteiger partial charge on any atom is 0.265 e. The van der Waals surface area contributed by atoms with Crippen LogP contribution < -0.4 is 11.1 Å². The van der Waals surface area contributed by atoms with E-state index in [4.69, 9.17) is 5.73 Å². The van der Waals surface area contributed by atoms with Gasteiger partial charge in [-0.05, 0) is 31.9 Å². The second-order valence-electron chi connectivity index (χ2n) is 7.61. The number of nitrogens with one attached hydrogen (secondary N) is 1. The third kappa shape index (κ3) is 4.77. The first-order valence-corrected chi connectivity index (χ1v) is 11.2. The predicted molar refractivity (Wildman–Crippen MR) is 108 cm³/mol. The summed E-state index contributed by atoms with van der Waals surface area (Å²) in [5.41, 5.74) is 5.49. The molecule has 0 radical (unpaired) electrons. The molecule has 168 valence electrons. The Morgan fingerprint density at radius 1 is 1.19 bits per heavy atom. The number of nitrogens with zero attached hydrogens (tertiary/aromatic N) is 2. The molecular weight excluding hydrogens is 430 g/mol. The SMILES string of the molecule is C[C@@H](NC(=O)C1CCN(S(=O)(=O)c2cc(C(N)=O)n(C)c2)CC1)c1ccc(F)cc1F. The smallest absolute Gasteiger partial charge is 0.265 e. The molecule has 1 aromatic heterocycles. The molecule has 1 aromatic carbocycles. The lowest BCUT2D eigenvalue weighted by Gasteiger charge is -2.31. The van der Waals surface area contributed by atoms with Crippen molar-refractivity contribution in [2.75, 3.05) is 13.1 Å². The molecule has 1 saturated heterocycles. The molecule has 1 atom stereocenters. The lowest BCUT2D eigenvalue weighted by Crippen LogP contribution is -2.43. The summed E-state index contributed by atoms with van der Waals surface area (Å²) in [6.07, 6.45) is 1.91. The van der Waals surface area contributed by atoms with Crippen LogP contribution in [0.5, 0.6) is 0 Å². The molecular formula is C20H24F2N4O4S. The average Bonchev–Trinajstić information content (AvgIpc) is 3.10. The van der Waals surface area contributed by atoms with E-state index in [0.29, 0.717) is 12.8 Å². The molecule has 3 N–H and O–H groups in total. The number of sulfonamides is 1. The van der Waals surface area contributed by atoms with Gasteiger partial charge in [-0.15, -0.1) is 0 Å². The zero-order chi connectivity index (χ0) is 22.9. The van der Waals surface area contributed by atoms with Crippen LogP contribution in [0.1, 0.15) is 41.9 Å². The first-order chi connectivity index (χ1) is 14.5. The molecule has 3 rings (SSSR count). The number of piperidine rings is 1. The van der Waals surface area contributed by atoms with Crippen LogP contribution in [0.4, 0.5) is 8.78 Å². The van der Waals surface area contributed by atoms with Crippen LogP contribution in [0.2, 0.25) is 0 Å². The normalized spacial score (nSPS) is 16.8. The van der Waals surface area contributed by atoms with E-state index in [1.165, 1.54) is 34.2 Å². The van der Waals surface area contributed by atoms with Crippen molar-refractivity contribution in [1.82, 2.24) is 14.2 Å². The van der Waals surface area contributed by atoms with Crippen molar-refractivity contribution in [3.8, 4) is 0 Å². The maximum absolute atomic E-state index is 13.9. The third-order valence-corrected chi connectivity index (χ3v) is 7.35. The molecule has 2 heterocycles. The number of rotatable bonds is 6. The van der Waals surface area contributed by atoms with Gasteiger partial charge in [-0.25, -0.2) is 17.2 Å². The quantitative estimate of drug-likeness (QED) is 0.691. The fraction of sp³-hybridized carbons (Fsp3) is 0.400. The number of carbonyl (C=O) groups is 2. The van der Waals surface area contributed by atoms with Gasteiger partial charge in [0.2, 0.25) is 15.9 Å². The molecule has 2 amide bonds. The lowest BCUT2D eigenvalue weighted by atomic mass is 9.96. The number of hydrogen-bond donors (Lipinski definition) is 2. The van der Waals surface area contributed by atoms with Crippen molar-refractivity contribution >= 4 is 21.8 Å². The van der Waals surface area contributed by atoms with E-state index < -0.39 is 39.5 Å². The van der Waals surface area contributed by atoms with E-state index in [1.807, 2.05) is 0 Å². The molecule has 0 spiro atoms. The Kier molecular flexibility index (Phi) is 6.46. The summed E-state index contributed by atoms with van der Waals surface area (Å²) < 4.78 is 55.4.